The Morgan fingerprint density at radius 2 is 1.89 bits per heavy atom. The first-order valence-corrected chi connectivity index (χ1v) is 8.77. The Morgan fingerprint density at radius 3 is 2.59 bits per heavy atom. The summed E-state index contributed by atoms with van der Waals surface area (Å²) in [5.74, 6) is -0.582. The second-order valence-electron chi connectivity index (χ2n) is 5.71. The summed E-state index contributed by atoms with van der Waals surface area (Å²) in [4.78, 5) is 24.3. The van der Waals surface area contributed by atoms with Gasteiger partial charge in [0.05, 0.1) is 21.8 Å². The molecule has 0 bridgehead atoms. The van der Waals surface area contributed by atoms with Crippen molar-refractivity contribution in [3.63, 3.8) is 0 Å². The number of alkyl halides is 3. The van der Waals surface area contributed by atoms with Crippen LogP contribution < -0.4 is 10.7 Å². The van der Waals surface area contributed by atoms with E-state index in [2.05, 4.69) is 21.2 Å². The molecule has 2 aromatic carbocycles. The standard InChI is InChI=1S/C18H11BrClF3N2O2/c19-11-2-3-12-15(8-11)25(6-5-16(12)26)9-17(27)24-14-7-10(18(21,22)23)1-4-13(14)20/h1-8H,9H2,(H,24,27). The molecule has 0 saturated heterocycles. The van der Waals surface area contributed by atoms with Gasteiger partial charge in [-0.2, -0.15) is 13.2 Å². The normalized spacial score (nSPS) is 11.6. The van der Waals surface area contributed by atoms with E-state index in [0.717, 1.165) is 22.7 Å². The van der Waals surface area contributed by atoms with Crippen molar-refractivity contribution in [2.75, 3.05) is 5.32 Å². The summed E-state index contributed by atoms with van der Waals surface area (Å²) in [5, 5.41) is 2.80. The van der Waals surface area contributed by atoms with Crippen LogP contribution in [0.3, 0.4) is 0 Å². The van der Waals surface area contributed by atoms with Crippen molar-refractivity contribution in [2.24, 2.45) is 0 Å². The van der Waals surface area contributed by atoms with Crippen LogP contribution in [-0.2, 0) is 17.5 Å². The van der Waals surface area contributed by atoms with Gasteiger partial charge in [-0.15, -0.1) is 0 Å². The number of fused-ring (bicyclic) bond motifs is 1. The van der Waals surface area contributed by atoms with Gasteiger partial charge < -0.3 is 9.88 Å². The summed E-state index contributed by atoms with van der Waals surface area (Å²) in [6, 6.07) is 9.02. The number of carbonyl (C=O) groups is 1. The number of aromatic nitrogens is 1. The molecule has 0 aliphatic heterocycles. The van der Waals surface area contributed by atoms with Gasteiger partial charge in [-0.3, -0.25) is 9.59 Å². The lowest BCUT2D eigenvalue weighted by Crippen LogP contribution is -2.21. The van der Waals surface area contributed by atoms with E-state index in [-0.39, 0.29) is 22.7 Å². The quantitative estimate of drug-likeness (QED) is 0.594. The summed E-state index contributed by atoms with van der Waals surface area (Å²) >= 11 is 9.20. The highest BCUT2D eigenvalue weighted by molar-refractivity contribution is 9.10. The summed E-state index contributed by atoms with van der Waals surface area (Å²) in [5.41, 5.74) is -0.736. The minimum atomic E-state index is -4.55. The Balaban J connectivity index is 1.89. The minimum Gasteiger partial charge on any atom is -0.338 e. The largest absolute Gasteiger partial charge is 0.416 e. The topological polar surface area (TPSA) is 51.1 Å². The molecule has 0 fully saturated rings. The molecule has 0 unspecified atom stereocenters. The third-order valence-electron chi connectivity index (χ3n) is 3.82. The summed E-state index contributed by atoms with van der Waals surface area (Å²) in [6.07, 6.45) is -3.10. The molecule has 0 atom stereocenters. The van der Waals surface area contributed by atoms with E-state index in [4.69, 9.17) is 11.6 Å². The zero-order valence-electron chi connectivity index (χ0n) is 13.5. The molecule has 0 aliphatic carbocycles. The maximum atomic E-state index is 12.8. The highest BCUT2D eigenvalue weighted by Crippen LogP contribution is 2.33. The lowest BCUT2D eigenvalue weighted by atomic mass is 10.2. The number of anilines is 1. The van der Waals surface area contributed by atoms with Crippen molar-refractivity contribution in [1.82, 2.24) is 4.57 Å². The van der Waals surface area contributed by atoms with Crippen LogP contribution in [0.25, 0.3) is 10.9 Å². The number of pyridine rings is 1. The fourth-order valence-corrected chi connectivity index (χ4v) is 3.07. The molecular weight excluding hydrogens is 449 g/mol. The molecule has 27 heavy (non-hydrogen) atoms. The van der Waals surface area contributed by atoms with Crippen LogP contribution in [0.4, 0.5) is 18.9 Å². The van der Waals surface area contributed by atoms with Crippen LogP contribution >= 0.6 is 27.5 Å². The Kier molecular flexibility index (Phi) is 5.30. The van der Waals surface area contributed by atoms with Gasteiger partial charge in [0.2, 0.25) is 5.91 Å². The Hall–Kier alpha value is -2.32. The van der Waals surface area contributed by atoms with E-state index in [9.17, 15) is 22.8 Å². The van der Waals surface area contributed by atoms with E-state index < -0.39 is 17.6 Å². The number of nitrogens with one attached hydrogen (secondary N) is 1. The second kappa shape index (κ2) is 7.36. The molecule has 3 rings (SSSR count). The Morgan fingerprint density at radius 1 is 1.15 bits per heavy atom. The molecule has 0 aliphatic rings. The lowest BCUT2D eigenvalue weighted by Gasteiger charge is -2.14. The van der Waals surface area contributed by atoms with Gasteiger partial charge >= 0.3 is 6.18 Å². The predicted octanol–water partition coefficient (Wildman–Crippen LogP) is 5.07. The van der Waals surface area contributed by atoms with Gasteiger partial charge in [-0.05, 0) is 36.4 Å². The second-order valence-corrected chi connectivity index (χ2v) is 7.03. The molecule has 3 aromatic rings. The minimum absolute atomic E-state index is 0.0103. The van der Waals surface area contributed by atoms with Crippen LogP contribution in [-0.4, -0.2) is 10.5 Å². The smallest absolute Gasteiger partial charge is 0.338 e. The fraction of sp³-hybridized carbons (Fsp3) is 0.111. The first kappa shape index (κ1) is 19.4. The van der Waals surface area contributed by atoms with E-state index in [1.807, 2.05) is 0 Å². The number of nitrogens with zero attached hydrogens (tertiary/aromatic N) is 1. The molecule has 0 spiro atoms. The van der Waals surface area contributed by atoms with Gasteiger partial charge in [0.25, 0.3) is 0 Å². The van der Waals surface area contributed by atoms with Crippen LogP contribution in [0.15, 0.2) is 57.9 Å². The maximum absolute atomic E-state index is 12.8. The first-order chi connectivity index (χ1) is 12.6. The van der Waals surface area contributed by atoms with E-state index >= 15 is 0 Å². The van der Waals surface area contributed by atoms with Crippen molar-refractivity contribution in [1.29, 1.82) is 0 Å². The van der Waals surface area contributed by atoms with Crippen molar-refractivity contribution in [3.8, 4) is 0 Å². The number of amides is 1. The van der Waals surface area contributed by atoms with Crippen molar-refractivity contribution < 1.29 is 18.0 Å². The average Bonchev–Trinajstić information content (AvgIpc) is 2.58. The molecule has 0 saturated carbocycles. The van der Waals surface area contributed by atoms with Crippen LogP contribution in [0.1, 0.15) is 5.56 Å². The van der Waals surface area contributed by atoms with Gasteiger partial charge in [0.1, 0.15) is 6.54 Å². The summed E-state index contributed by atoms with van der Waals surface area (Å²) < 4.78 is 40.8. The lowest BCUT2D eigenvalue weighted by molar-refractivity contribution is -0.137. The highest BCUT2D eigenvalue weighted by atomic mass is 79.9. The molecule has 1 amide bonds. The van der Waals surface area contributed by atoms with Gasteiger partial charge in [-0.1, -0.05) is 27.5 Å². The van der Waals surface area contributed by atoms with Crippen molar-refractivity contribution in [3.05, 3.63) is 73.9 Å². The van der Waals surface area contributed by atoms with E-state index in [0.29, 0.717) is 10.9 Å². The van der Waals surface area contributed by atoms with Gasteiger partial charge in [-0.25, -0.2) is 0 Å². The first-order valence-electron chi connectivity index (χ1n) is 7.60. The third kappa shape index (κ3) is 4.33. The van der Waals surface area contributed by atoms with Crippen molar-refractivity contribution >= 4 is 50.0 Å². The van der Waals surface area contributed by atoms with Crippen LogP contribution in [0.2, 0.25) is 5.02 Å². The number of hydrogen-bond donors (Lipinski definition) is 1. The molecule has 9 heteroatoms. The molecular formula is C18H11BrClF3N2O2. The molecule has 1 N–H and O–H groups in total. The molecule has 4 nitrogen and oxygen atoms in total. The van der Waals surface area contributed by atoms with E-state index in [1.165, 1.54) is 16.8 Å². The van der Waals surface area contributed by atoms with E-state index in [1.54, 1.807) is 18.2 Å². The number of benzene rings is 2. The third-order valence-corrected chi connectivity index (χ3v) is 4.65. The zero-order valence-corrected chi connectivity index (χ0v) is 15.8. The number of rotatable bonds is 3. The summed E-state index contributed by atoms with van der Waals surface area (Å²) in [7, 11) is 0. The average molecular weight is 460 g/mol. The monoisotopic (exact) mass is 458 g/mol. The molecule has 1 aromatic heterocycles. The van der Waals surface area contributed by atoms with Crippen molar-refractivity contribution in [2.45, 2.75) is 12.7 Å². The molecule has 1 heterocycles. The molecule has 140 valence electrons. The number of halogens is 5. The molecule has 0 radical (unpaired) electrons. The summed E-state index contributed by atoms with van der Waals surface area (Å²) in [6.45, 7) is -0.209. The number of hydrogen-bond acceptors (Lipinski definition) is 2. The predicted molar refractivity (Wildman–Crippen MR) is 101 cm³/mol. The van der Waals surface area contributed by atoms with Crippen LogP contribution in [0.5, 0.6) is 0 Å². The zero-order chi connectivity index (χ0) is 19.8. The fourth-order valence-electron chi connectivity index (χ4n) is 2.56. The highest BCUT2D eigenvalue weighted by Gasteiger charge is 2.31. The number of carbonyl (C=O) groups excluding carboxylic acids is 1. The Bertz CT molecular complexity index is 1100. The van der Waals surface area contributed by atoms with Gasteiger partial charge in [0.15, 0.2) is 5.43 Å². The Labute approximate surface area is 164 Å². The SMILES string of the molecule is O=C(Cn1ccc(=O)c2ccc(Br)cc21)Nc1cc(C(F)(F)F)ccc1Cl. The maximum Gasteiger partial charge on any atom is 0.416 e. The van der Waals surface area contributed by atoms with Crippen LogP contribution in [0, 0.1) is 0 Å². The van der Waals surface area contributed by atoms with Gasteiger partial charge in [0, 0.05) is 22.1 Å².